The van der Waals surface area contributed by atoms with Crippen LogP contribution in [-0.2, 0) is 6.42 Å². The Bertz CT molecular complexity index is 581. The normalized spacial score (nSPS) is 12.5. The van der Waals surface area contributed by atoms with E-state index in [2.05, 4.69) is 0 Å². The number of aryl methyl sites for hydroxylation is 1. The van der Waals surface area contributed by atoms with E-state index in [0.29, 0.717) is 20.7 Å². The zero-order chi connectivity index (χ0) is 14.0. The van der Waals surface area contributed by atoms with Crippen molar-refractivity contribution in [2.45, 2.75) is 19.4 Å². The summed E-state index contributed by atoms with van der Waals surface area (Å²) in [7, 11) is 1.62. The molecule has 2 rings (SSSR count). The molecule has 19 heavy (non-hydrogen) atoms. The van der Waals surface area contributed by atoms with Crippen molar-refractivity contribution in [3.63, 3.8) is 0 Å². The SMILES string of the molecule is COc1ccc(C)cc1CC(O)c1cc(Cl)sc1Cl. The van der Waals surface area contributed by atoms with Crippen LogP contribution in [0.1, 0.15) is 22.8 Å². The number of thiophene rings is 1. The van der Waals surface area contributed by atoms with Gasteiger partial charge in [-0.15, -0.1) is 11.3 Å². The first-order valence-corrected chi connectivity index (χ1v) is 7.35. The molecule has 1 N–H and O–H groups in total. The minimum atomic E-state index is -0.688. The lowest BCUT2D eigenvalue weighted by atomic mass is 10.0. The Morgan fingerprint density at radius 1 is 1.32 bits per heavy atom. The first-order valence-electron chi connectivity index (χ1n) is 5.77. The van der Waals surface area contributed by atoms with Gasteiger partial charge in [0.05, 0.1) is 17.6 Å². The fourth-order valence-electron chi connectivity index (χ4n) is 1.97. The molecule has 0 spiro atoms. The van der Waals surface area contributed by atoms with Gasteiger partial charge in [0.25, 0.3) is 0 Å². The van der Waals surface area contributed by atoms with Crippen LogP contribution in [0.25, 0.3) is 0 Å². The molecule has 102 valence electrons. The molecule has 1 aromatic carbocycles. The van der Waals surface area contributed by atoms with Crippen molar-refractivity contribution < 1.29 is 9.84 Å². The highest BCUT2D eigenvalue weighted by molar-refractivity contribution is 7.20. The molecule has 0 aliphatic carbocycles. The van der Waals surface area contributed by atoms with Gasteiger partial charge in [-0.25, -0.2) is 0 Å². The summed E-state index contributed by atoms with van der Waals surface area (Å²) in [4.78, 5) is 0. The number of ether oxygens (including phenoxy) is 1. The van der Waals surface area contributed by atoms with E-state index in [1.54, 1.807) is 13.2 Å². The molecule has 0 radical (unpaired) electrons. The summed E-state index contributed by atoms with van der Waals surface area (Å²) in [6.45, 7) is 2.00. The Labute approximate surface area is 126 Å². The van der Waals surface area contributed by atoms with Gasteiger partial charge in [0.2, 0.25) is 0 Å². The summed E-state index contributed by atoms with van der Waals surface area (Å²) < 4.78 is 6.42. The molecule has 0 saturated heterocycles. The third kappa shape index (κ3) is 3.42. The maximum atomic E-state index is 10.3. The summed E-state index contributed by atoms with van der Waals surface area (Å²) in [5.74, 6) is 0.766. The zero-order valence-corrected chi connectivity index (χ0v) is 12.9. The number of aliphatic hydroxyl groups is 1. The van der Waals surface area contributed by atoms with Gasteiger partial charge in [0.15, 0.2) is 0 Å². The standard InChI is InChI=1S/C14H14Cl2O2S/c1-8-3-4-12(18-2)9(5-8)6-11(17)10-7-13(15)19-14(10)16/h3-5,7,11,17H,6H2,1-2H3. The smallest absolute Gasteiger partial charge is 0.122 e. The van der Waals surface area contributed by atoms with Gasteiger partial charge in [0, 0.05) is 12.0 Å². The Kier molecular flexibility index (Phi) is 4.74. The fraction of sp³-hybridized carbons (Fsp3) is 0.286. The van der Waals surface area contributed by atoms with E-state index in [0.717, 1.165) is 16.9 Å². The van der Waals surface area contributed by atoms with Gasteiger partial charge in [0.1, 0.15) is 10.1 Å². The van der Waals surface area contributed by atoms with E-state index in [4.69, 9.17) is 27.9 Å². The quantitative estimate of drug-likeness (QED) is 0.889. The van der Waals surface area contributed by atoms with Crippen LogP contribution < -0.4 is 4.74 Å². The van der Waals surface area contributed by atoms with Crippen LogP contribution in [0.2, 0.25) is 8.67 Å². The summed E-state index contributed by atoms with van der Waals surface area (Å²) in [5, 5.41) is 10.3. The third-order valence-electron chi connectivity index (χ3n) is 2.89. The number of rotatable bonds is 4. The van der Waals surface area contributed by atoms with Crippen molar-refractivity contribution in [1.29, 1.82) is 0 Å². The molecule has 2 aromatic rings. The Morgan fingerprint density at radius 3 is 2.63 bits per heavy atom. The van der Waals surface area contributed by atoms with Crippen LogP contribution in [0.5, 0.6) is 5.75 Å². The highest BCUT2D eigenvalue weighted by Crippen LogP contribution is 2.37. The van der Waals surface area contributed by atoms with Gasteiger partial charge in [-0.05, 0) is 24.6 Å². The lowest BCUT2D eigenvalue weighted by Gasteiger charge is -2.13. The summed E-state index contributed by atoms with van der Waals surface area (Å²) >= 11 is 13.2. The molecular formula is C14H14Cl2O2S. The summed E-state index contributed by atoms with van der Waals surface area (Å²) in [5.41, 5.74) is 2.74. The minimum Gasteiger partial charge on any atom is -0.496 e. The van der Waals surface area contributed by atoms with Crippen molar-refractivity contribution in [2.24, 2.45) is 0 Å². The molecule has 1 heterocycles. The average molecular weight is 317 g/mol. The maximum absolute atomic E-state index is 10.3. The largest absolute Gasteiger partial charge is 0.496 e. The predicted octanol–water partition coefficient (Wildman–Crippen LogP) is 4.65. The molecule has 2 nitrogen and oxygen atoms in total. The second-order valence-corrected chi connectivity index (χ2v) is 6.60. The monoisotopic (exact) mass is 316 g/mol. The molecule has 0 fully saturated rings. The molecule has 0 aliphatic heterocycles. The summed E-state index contributed by atoms with van der Waals surface area (Å²) in [6.07, 6.45) is -0.246. The van der Waals surface area contributed by atoms with E-state index in [1.165, 1.54) is 11.3 Å². The second-order valence-electron chi connectivity index (χ2n) is 4.31. The third-order valence-corrected chi connectivity index (χ3v) is 4.41. The van der Waals surface area contributed by atoms with Crippen molar-refractivity contribution in [3.8, 4) is 5.75 Å². The van der Waals surface area contributed by atoms with Gasteiger partial charge in [-0.3, -0.25) is 0 Å². The molecule has 1 aromatic heterocycles. The van der Waals surface area contributed by atoms with Crippen molar-refractivity contribution in [2.75, 3.05) is 7.11 Å². The van der Waals surface area contributed by atoms with E-state index in [-0.39, 0.29) is 0 Å². The van der Waals surface area contributed by atoms with Crippen molar-refractivity contribution in [3.05, 3.63) is 49.6 Å². The molecule has 0 amide bonds. The second kappa shape index (κ2) is 6.14. The van der Waals surface area contributed by atoms with E-state index < -0.39 is 6.10 Å². The fourth-order valence-corrected chi connectivity index (χ4v) is 3.53. The first-order chi connectivity index (χ1) is 9.01. The maximum Gasteiger partial charge on any atom is 0.122 e. The molecular weight excluding hydrogens is 303 g/mol. The number of methoxy groups -OCH3 is 1. The number of halogens is 2. The van der Waals surface area contributed by atoms with E-state index in [9.17, 15) is 5.11 Å². The van der Waals surface area contributed by atoms with Crippen molar-refractivity contribution >= 4 is 34.5 Å². The number of hydrogen-bond acceptors (Lipinski definition) is 3. The van der Waals surface area contributed by atoms with Crippen LogP contribution in [0.15, 0.2) is 24.3 Å². The average Bonchev–Trinajstić information content (AvgIpc) is 2.69. The van der Waals surface area contributed by atoms with Gasteiger partial charge >= 0.3 is 0 Å². The zero-order valence-electron chi connectivity index (χ0n) is 10.6. The van der Waals surface area contributed by atoms with Gasteiger partial charge < -0.3 is 9.84 Å². The molecule has 1 unspecified atom stereocenters. The van der Waals surface area contributed by atoms with Crippen LogP contribution in [0.3, 0.4) is 0 Å². The number of hydrogen-bond donors (Lipinski definition) is 1. The first kappa shape index (κ1) is 14.7. The Morgan fingerprint density at radius 2 is 2.05 bits per heavy atom. The molecule has 1 atom stereocenters. The lowest BCUT2D eigenvalue weighted by Crippen LogP contribution is -2.03. The van der Waals surface area contributed by atoms with Crippen LogP contribution in [0, 0.1) is 6.92 Å². The molecule has 0 saturated carbocycles. The van der Waals surface area contributed by atoms with Crippen molar-refractivity contribution in [1.82, 2.24) is 0 Å². The lowest BCUT2D eigenvalue weighted by molar-refractivity contribution is 0.178. The molecule has 0 bridgehead atoms. The number of benzene rings is 1. The van der Waals surface area contributed by atoms with Gasteiger partial charge in [-0.2, -0.15) is 0 Å². The molecule has 5 heteroatoms. The Balaban J connectivity index is 2.25. The van der Waals surface area contributed by atoms with Crippen LogP contribution in [-0.4, -0.2) is 12.2 Å². The number of aliphatic hydroxyl groups excluding tert-OH is 1. The summed E-state index contributed by atoms with van der Waals surface area (Å²) in [6, 6.07) is 7.59. The highest BCUT2D eigenvalue weighted by atomic mass is 35.5. The molecule has 0 aliphatic rings. The predicted molar refractivity (Wildman–Crippen MR) is 80.7 cm³/mol. The van der Waals surface area contributed by atoms with E-state index in [1.807, 2.05) is 25.1 Å². The highest BCUT2D eigenvalue weighted by Gasteiger charge is 2.17. The van der Waals surface area contributed by atoms with Gasteiger partial charge in [-0.1, -0.05) is 40.9 Å². The van der Waals surface area contributed by atoms with Crippen LogP contribution in [0.4, 0.5) is 0 Å². The Hall–Kier alpha value is -0.740. The minimum absolute atomic E-state index is 0.442. The topological polar surface area (TPSA) is 29.5 Å². The van der Waals surface area contributed by atoms with Crippen LogP contribution >= 0.6 is 34.5 Å². The van der Waals surface area contributed by atoms with E-state index >= 15 is 0 Å².